The van der Waals surface area contributed by atoms with Crippen molar-refractivity contribution in [3.63, 3.8) is 0 Å². The molecule has 1 amide bonds. The molecule has 0 aliphatic rings. The molecule has 1 aromatic carbocycles. The lowest BCUT2D eigenvalue weighted by molar-refractivity contribution is 0.102. The normalized spacial score (nSPS) is 10.2. The van der Waals surface area contributed by atoms with Gasteiger partial charge < -0.3 is 10.6 Å². The van der Waals surface area contributed by atoms with Crippen LogP contribution in [-0.4, -0.2) is 17.4 Å². The molecule has 0 aliphatic heterocycles. The first-order valence-electron chi connectivity index (χ1n) is 6.06. The number of halogens is 2. The lowest BCUT2D eigenvalue weighted by Crippen LogP contribution is -2.13. The number of amides is 1. The SMILES string of the molecule is CCNc1cc(C(=O)Nc2ccc(F)c(F)c2)ccn1. The zero-order valence-electron chi connectivity index (χ0n) is 10.8. The van der Waals surface area contributed by atoms with E-state index in [0.29, 0.717) is 17.9 Å². The molecule has 0 atom stereocenters. The molecule has 6 heteroatoms. The highest BCUT2D eigenvalue weighted by atomic mass is 19.2. The molecular formula is C14H13F2N3O. The average Bonchev–Trinajstić information content (AvgIpc) is 2.43. The monoisotopic (exact) mass is 277 g/mol. The zero-order chi connectivity index (χ0) is 14.5. The summed E-state index contributed by atoms with van der Waals surface area (Å²) in [7, 11) is 0. The maximum absolute atomic E-state index is 13.1. The van der Waals surface area contributed by atoms with Crippen LogP contribution >= 0.6 is 0 Å². The van der Waals surface area contributed by atoms with Crippen molar-refractivity contribution < 1.29 is 13.6 Å². The Morgan fingerprint density at radius 3 is 2.70 bits per heavy atom. The molecule has 1 heterocycles. The first-order chi connectivity index (χ1) is 9.60. The molecule has 104 valence electrons. The highest BCUT2D eigenvalue weighted by Crippen LogP contribution is 2.15. The maximum Gasteiger partial charge on any atom is 0.255 e. The second kappa shape index (κ2) is 6.10. The summed E-state index contributed by atoms with van der Waals surface area (Å²) >= 11 is 0. The lowest BCUT2D eigenvalue weighted by Gasteiger charge is -2.07. The smallest absolute Gasteiger partial charge is 0.255 e. The van der Waals surface area contributed by atoms with Gasteiger partial charge in [-0.1, -0.05) is 0 Å². The van der Waals surface area contributed by atoms with Crippen molar-refractivity contribution in [3.05, 3.63) is 53.7 Å². The minimum Gasteiger partial charge on any atom is -0.370 e. The number of pyridine rings is 1. The van der Waals surface area contributed by atoms with E-state index in [1.807, 2.05) is 6.92 Å². The van der Waals surface area contributed by atoms with Crippen molar-refractivity contribution in [1.82, 2.24) is 4.98 Å². The van der Waals surface area contributed by atoms with Crippen LogP contribution in [0.3, 0.4) is 0 Å². The Balaban J connectivity index is 2.15. The van der Waals surface area contributed by atoms with Gasteiger partial charge in [0.05, 0.1) is 0 Å². The Bertz CT molecular complexity index is 632. The van der Waals surface area contributed by atoms with Crippen molar-refractivity contribution in [2.75, 3.05) is 17.2 Å². The van der Waals surface area contributed by atoms with Gasteiger partial charge in [-0.05, 0) is 31.2 Å². The fourth-order valence-corrected chi connectivity index (χ4v) is 1.63. The molecular weight excluding hydrogens is 264 g/mol. The Hall–Kier alpha value is -2.50. The van der Waals surface area contributed by atoms with E-state index < -0.39 is 17.5 Å². The summed E-state index contributed by atoms with van der Waals surface area (Å²) in [6.45, 7) is 2.59. The average molecular weight is 277 g/mol. The Labute approximate surface area is 114 Å². The molecule has 20 heavy (non-hydrogen) atoms. The lowest BCUT2D eigenvalue weighted by atomic mass is 10.2. The molecule has 2 aromatic rings. The van der Waals surface area contributed by atoms with E-state index in [9.17, 15) is 13.6 Å². The van der Waals surface area contributed by atoms with Gasteiger partial charge in [-0.25, -0.2) is 13.8 Å². The molecule has 1 aromatic heterocycles. The molecule has 2 rings (SSSR count). The summed E-state index contributed by atoms with van der Waals surface area (Å²) in [5, 5.41) is 5.48. The quantitative estimate of drug-likeness (QED) is 0.903. The van der Waals surface area contributed by atoms with E-state index >= 15 is 0 Å². The van der Waals surface area contributed by atoms with Crippen molar-refractivity contribution >= 4 is 17.4 Å². The third kappa shape index (κ3) is 3.28. The largest absolute Gasteiger partial charge is 0.370 e. The fraction of sp³-hybridized carbons (Fsp3) is 0.143. The molecule has 0 spiro atoms. The number of hydrogen-bond acceptors (Lipinski definition) is 3. The summed E-state index contributed by atoms with van der Waals surface area (Å²) in [4.78, 5) is 16.0. The number of aromatic nitrogens is 1. The van der Waals surface area contributed by atoms with Crippen molar-refractivity contribution in [3.8, 4) is 0 Å². The van der Waals surface area contributed by atoms with Crippen LogP contribution in [0.5, 0.6) is 0 Å². The predicted octanol–water partition coefficient (Wildman–Crippen LogP) is 3.04. The molecule has 0 fully saturated rings. The van der Waals surface area contributed by atoms with Crippen LogP contribution in [0, 0.1) is 11.6 Å². The highest BCUT2D eigenvalue weighted by Gasteiger charge is 2.09. The molecule has 4 nitrogen and oxygen atoms in total. The van der Waals surface area contributed by atoms with Crippen LogP contribution in [0.15, 0.2) is 36.5 Å². The Morgan fingerprint density at radius 1 is 1.20 bits per heavy atom. The molecule has 0 unspecified atom stereocenters. The minimum absolute atomic E-state index is 0.190. The predicted molar refractivity (Wildman–Crippen MR) is 72.7 cm³/mol. The summed E-state index contributed by atoms with van der Waals surface area (Å²) < 4.78 is 25.8. The zero-order valence-corrected chi connectivity index (χ0v) is 10.8. The Morgan fingerprint density at radius 2 is 2.00 bits per heavy atom. The second-order valence-electron chi connectivity index (χ2n) is 4.04. The van der Waals surface area contributed by atoms with Gasteiger partial charge in [-0.15, -0.1) is 0 Å². The third-order valence-electron chi connectivity index (χ3n) is 2.56. The first-order valence-corrected chi connectivity index (χ1v) is 6.06. The number of hydrogen-bond donors (Lipinski definition) is 2. The minimum atomic E-state index is -1.01. The van der Waals surface area contributed by atoms with Gasteiger partial charge in [0.15, 0.2) is 11.6 Å². The van der Waals surface area contributed by atoms with Gasteiger partial charge in [0.25, 0.3) is 5.91 Å². The van der Waals surface area contributed by atoms with Crippen molar-refractivity contribution in [2.45, 2.75) is 6.92 Å². The van der Waals surface area contributed by atoms with Crippen LogP contribution in [-0.2, 0) is 0 Å². The number of benzene rings is 1. The fourth-order valence-electron chi connectivity index (χ4n) is 1.63. The van der Waals surface area contributed by atoms with E-state index in [0.717, 1.165) is 12.1 Å². The molecule has 0 saturated carbocycles. The second-order valence-corrected chi connectivity index (χ2v) is 4.04. The van der Waals surface area contributed by atoms with Gasteiger partial charge in [0.1, 0.15) is 5.82 Å². The van der Waals surface area contributed by atoms with Crippen LogP contribution in [0.1, 0.15) is 17.3 Å². The first kappa shape index (κ1) is 13.9. The Kier molecular flexibility index (Phi) is 4.24. The third-order valence-corrected chi connectivity index (χ3v) is 2.56. The van der Waals surface area contributed by atoms with Crippen LogP contribution in [0.25, 0.3) is 0 Å². The van der Waals surface area contributed by atoms with E-state index in [2.05, 4.69) is 15.6 Å². The van der Waals surface area contributed by atoms with Gasteiger partial charge in [-0.3, -0.25) is 4.79 Å². The highest BCUT2D eigenvalue weighted by molar-refractivity contribution is 6.04. The molecule has 2 N–H and O–H groups in total. The van der Waals surface area contributed by atoms with Gasteiger partial charge >= 0.3 is 0 Å². The number of carbonyl (C=O) groups is 1. The number of nitrogens with one attached hydrogen (secondary N) is 2. The topological polar surface area (TPSA) is 54.0 Å². The van der Waals surface area contributed by atoms with Crippen molar-refractivity contribution in [1.29, 1.82) is 0 Å². The molecule has 0 aliphatic carbocycles. The van der Waals surface area contributed by atoms with Crippen molar-refractivity contribution in [2.24, 2.45) is 0 Å². The molecule has 0 saturated heterocycles. The number of anilines is 2. The van der Waals surface area contributed by atoms with Crippen LogP contribution < -0.4 is 10.6 Å². The summed E-state index contributed by atoms with van der Waals surface area (Å²) in [6, 6.07) is 6.30. The van der Waals surface area contributed by atoms with Crippen LogP contribution in [0.4, 0.5) is 20.3 Å². The standard InChI is InChI=1S/C14H13F2N3O/c1-2-17-13-7-9(5-6-18-13)14(20)19-10-3-4-11(15)12(16)8-10/h3-8H,2H2,1H3,(H,17,18)(H,19,20). The van der Waals surface area contributed by atoms with E-state index in [1.54, 1.807) is 6.07 Å². The van der Waals surface area contributed by atoms with Gasteiger partial charge in [0, 0.05) is 30.1 Å². The van der Waals surface area contributed by atoms with E-state index in [-0.39, 0.29) is 5.69 Å². The van der Waals surface area contributed by atoms with E-state index in [1.165, 1.54) is 18.3 Å². The molecule has 0 bridgehead atoms. The molecule has 0 radical (unpaired) electrons. The summed E-state index contributed by atoms with van der Waals surface area (Å²) in [5.41, 5.74) is 0.566. The number of nitrogens with zero attached hydrogens (tertiary/aromatic N) is 1. The van der Waals surface area contributed by atoms with Gasteiger partial charge in [-0.2, -0.15) is 0 Å². The summed E-state index contributed by atoms with van der Waals surface area (Å²) in [5.74, 6) is -1.81. The maximum atomic E-state index is 13.1. The van der Waals surface area contributed by atoms with Crippen LogP contribution in [0.2, 0.25) is 0 Å². The number of carbonyl (C=O) groups excluding carboxylic acids is 1. The van der Waals surface area contributed by atoms with Gasteiger partial charge in [0.2, 0.25) is 0 Å². The number of rotatable bonds is 4. The summed E-state index contributed by atoms with van der Waals surface area (Å²) in [6.07, 6.45) is 1.50. The van der Waals surface area contributed by atoms with E-state index in [4.69, 9.17) is 0 Å².